The zero-order valence-corrected chi connectivity index (χ0v) is 15.1. The van der Waals surface area contributed by atoms with Crippen LogP contribution in [0.15, 0.2) is 24.4 Å². The Bertz CT molecular complexity index is 808. The maximum Gasteiger partial charge on any atom is 0.311 e. The number of fused-ring (bicyclic) bond motifs is 1. The number of carbonyl (C=O) groups is 2. The van der Waals surface area contributed by atoms with E-state index in [1.54, 1.807) is 4.90 Å². The van der Waals surface area contributed by atoms with Crippen LogP contribution in [-0.2, 0) is 16.0 Å². The highest BCUT2D eigenvalue weighted by molar-refractivity contribution is 5.87. The number of carboxylic acids is 1. The third-order valence-electron chi connectivity index (χ3n) is 5.80. The number of aryl methyl sites for hydroxylation is 2. The van der Waals surface area contributed by atoms with E-state index in [1.807, 2.05) is 26.1 Å². The molecule has 1 aliphatic rings. The molecule has 1 fully saturated rings. The maximum absolute atomic E-state index is 12.6. The van der Waals surface area contributed by atoms with E-state index in [0.29, 0.717) is 32.4 Å². The van der Waals surface area contributed by atoms with Crippen LogP contribution in [0.3, 0.4) is 0 Å². The number of para-hydroxylation sites is 1. The van der Waals surface area contributed by atoms with Gasteiger partial charge in [-0.15, -0.1) is 0 Å². The first-order valence-corrected chi connectivity index (χ1v) is 8.92. The van der Waals surface area contributed by atoms with Crippen molar-refractivity contribution in [2.75, 3.05) is 13.1 Å². The number of benzene rings is 1. The lowest BCUT2D eigenvalue weighted by Crippen LogP contribution is -2.40. The second-order valence-corrected chi connectivity index (χ2v) is 7.49. The Morgan fingerprint density at radius 1 is 1.36 bits per heavy atom. The molecule has 1 amide bonds. The van der Waals surface area contributed by atoms with Crippen molar-refractivity contribution in [3.8, 4) is 0 Å². The molecule has 1 aromatic heterocycles. The molecule has 0 spiro atoms. The van der Waals surface area contributed by atoms with E-state index in [0.717, 1.165) is 16.5 Å². The van der Waals surface area contributed by atoms with Crippen molar-refractivity contribution in [3.05, 3.63) is 35.5 Å². The Morgan fingerprint density at radius 2 is 2.12 bits per heavy atom. The molecule has 1 atom stereocenters. The number of carbonyl (C=O) groups excluding carboxylic acids is 1. The number of aromatic nitrogens is 1. The highest BCUT2D eigenvalue weighted by Crippen LogP contribution is 2.38. The van der Waals surface area contributed by atoms with Crippen LogP contribution in [0, 0.1) is 18.3 Å². The lowest BCUT2D eigenvalue weighted by molar-refractivity contribution is -0.151. The summed E-state index contributed by atoms with van der Waals surface area (Å²) in [6.45, 7) is 6.78. The first-order chi connectivity index (χ1) is 11.8. The molecule has 134 valence electrons. The molecular weight excluding hydrogens is 316 g/mol. The van der Waals surface area contributed by atoms with Gasteiger partial charge in [0.2, 0.25) is 5.91 Å². The van der Waals surface area contributed by atoms with E-state index in [1.165, 1.54) is 5.56 Å². The fourth-order valence-electron chi connectivity index (χ4n) is 3.91. The first kappa shape index (κ1) is 17.5. The van der Waals surface area contributed by atoms with Gasteiger partial charge in [0.15, 0.2) is 0 Å². The molecule has 1 aliphatic heterocycles. The Kier molecular flexibility index (Phi) is 4.58. The maximum atomic E-state index is 12.6. The fraction of sp³-hybridized carbons (Fsp3) is 0.500. The summed E-state index contributed by atoms with van der Waals surface area (Å²) in [4.78, 5) is 29.3. The average molecular weight is 342 g/mol. The van der Waals surface area contributed by atoms with Gasteiger partial charge in [0.1, 0.15) is 0 Å². The Balaban J connectivity index is 1.67. The molecule has 1 saturated heterocycles. The van der Waals surface area contributed by atoms with E-state index in [4.69, 9.17) is 0 Å². The predicted molar refractivity (Wildman–Crippen MR) is 97.5 cm³/mol. The van der Waals surface area contributed by atoms with Gasteiger partial charge in [-0.2, -0.15) is 0 Å². The van der Waals surface area contributed by atoms with Crippen molar-refractivity contribution < 1.29 is 14.7 Å². The van der Waals surface area contributed by atoms with Crippen molar-refractivity contribution >= 4 is 22.8 Å². The van der Waals surface area contributed by atoms with E-state index in [-0.39, 0.29) is 11.8 Å². The number of nitrogens with zero attached hydrogens (tertiary/aromatic N) is 1. The van der Waals surface area contributed by atoms with Gasteiger partial charge in [-0.1, -0.05) is 32.0 Å². The summed E-state index contributed by atoms with van der Waals surface area (Å²) < 4.78 is 0. The molecule has 25 heavy (non-hydrogen) atoms. The number of H-pyrrole nitrogens is 1. The monoisotopic (exact) mass is 342 g/mol. The summed E-state index contributed by atoms with van der Waals surface area (Å²) in [7, 11) is 0. The van der Waals surface area contributed by atoms with Crippen LogP contribution in [-0.4, -0.2) is 40.0 Å². The number of aliphatic carboxylic acids is 1. The minimum Gasteiger partial charge on any atom is -0.481 e. The largest absolute Gasteiger partial charge is 0.481 e. The Labute approximate surface area is 148 Å². The van der Waals surface area contributed by atoms with Crippen molar-refractivity contribution in [1.29, 1.82) is 0 Å². The number of amides is 1. The highest BCUT2D eigenvalue weighted by Gasteiger charge is 2.48. The van der Waals surface area contributed by atoms with Crippen molar-refractivity contribution in [3.63, 3.8) is 0 Å². The van der Waals surface area contributed by atoms with Crippen LogP contribution >= 0.6 is 0 Å². The van der Waals surface area contributed by atoms with Gasteiger partial charge >= 0.3 is 5.97 Å². The SMILES string of the molecule is Cc1cccc2c(CCC(=O)N3CCC(C(=O)O)(C(C)C)C3)c[nH]c12. The minimum absolute atomic E-state index is 0.0133. The standard InChI is InChI=1S/C20H26N2O3/c1-13(2)20(19(24)25)9-10-22(12-20)17(23)8-7-15-11-21-18-14(3)5-4-6-16(15)18/h4-6,11,13,21H,7-10,12H2,1-3H3,(H,24,25). The topological polar surface area (TPSA) is 73.4 Å². The summed E-state index contributed by atoms with van der Waals surface area (Å²) >= 11 is 0. The molecular formula is C20H26N2O3. The normalized spacial score (nSPS) is 20.6. The number of carboxylic acid groups (broad SMARTS) is 1. The number of likely N-dealkylation sites (tertiary alicyclic amines) is 1. The number of hydrogen-bond donors (Lipinski definition) is 2. The fourth-order valence-corrected chi connectivity index (χ4v) is 3.91. The summed E-state index contributed by atoms with van der Waals surface area (Å²) in [5.74, 6) is -0.727. The van der Waals surface area contributed by atoms with E-state index >= 15 is 0 Å². The van der Waals surface area contributed by atoms with E-state index < -0.39 is 11.4 Å². The molecule has 2 heterocycles. The number of aromatic amines is 1. The molecule has 0 aliphatic carbocycles. The van der Waals surface area contributed by atoms with Gasteiger partial charge in [0, 0.05) is 36.6 Å². The smallest absolute Gasteiger partial charge is 0.311 e. The summed E-state index contributed by atoms with van der Waals surface area (Å²) in [5, 5.41) is 10.8. The van der Waals surface area contributed by atoms with Gasteiger partial charge < -0.3 is 15.0 Å². The minimum atomic E-state index is -0.798. The lowest BCUT2D eigenvalue weighted by Gasteiger charge is -2.28. The van der Waals surface area contributed by atoms with Crippen molar-refractivity contribution in [2.45, 2.75) is 40.0 Å². The molecule has 3 rings (SSSR count). The number of rotatable bonds is 5. The van der Waals surface area contributed by atoms with Gasteiger partial charge in [0.25, 0.3) is 0 Å². The van der Waals surface area contributed by atoms with Crippen LogP contribution in [0.2, 0.25) is 0 Å². The van der Waals surface area contributed by atoms with Gasteiger partial charge in [-0.05, 0) is 36.8 Å². The zero-order chi connectivity index (χ0) is 18.2. The second-order valence-electron chi connectivity index (χ2n) is 7.49. The average Bonchev–Trinajstić information content (AvgIpc) is 3.19. The number of hydrogen-bond acceptors (Lipinski definition) is 2. The van der Waals surface area contributed by atoms with Gasteiger partial charge in [0.05, 0.1) is 5.41 Å². The van der Waals surface area contributed by atoms with Crippen LogP contribution in [0.1, 0.15) is 37.8 Å². The summed E-state index contributed by atoms with van der Waals surface area (Å²) in [6, 6.07) is 6.17. The molecule has 0 saturated carbocycles. The highest BCUT2D eigenvalue weighted by atomic mass is 16.4. The van der Waals surface area contributed by atoms with Crippen LogP contribution in [0.5, 0.6) is 0 Å². The van der Waals surface area contributed by atoms with Crippen LogP contribution < -0.4 is 0 Å². The molecule has 1 unspecified atom stereocenters. The summed E-state index contributed by atoms with van der Waals surface area (Å²) in [5.41, 5.74) is 2.65. The molecule has 0 radical (unpaired) electrons. The quantitative estimate of drug-likeness (QED) is 0.875. The molecule has 2 aromatic rings. The molecule has 0 bridgehead atoms. The molecule has 1 aromatic carbocycles. The first-order valence-electron chi connectivity index (χ1n) is 8.92. The Morgan fingerprint density at radius 3 is 2.76 bits per heavy atom. The molecule has 5 nitrogen and oxygen atoms in total. The van der Waals surface area contributed by atoms with E-state index in [9.17, 15) is 14.7 Å². The van der Waals surface area contributed by atoms with Crippen LogP contribution in [0.4, 0.5) is 0 Å². The molecule has 5 heteroatoms. The van der Waals surface area contributed by atoms with Crippen LogP contribution in [0.25, 0.3) is 10.9 Å². The van der Waals surface area contributed by atoms with Crippen molar-refractivity contribution in [2.24, 2.45) is 11.3 Å². The zero-order valence-electron chi connectivity index (χ0n) is 15.1. The third-order valence-corrected chi connectivity index (χ3v) is 5.80. The van der Waals surface area contributed by atoms with Gasteiger partial charge in [-0.25, -0.2) is 0 Å². The lowest BCUT2D eigenvalue weighted by atomic mass is 9.76. The summed E-state index contributed by atoms with van der Waals surface area (Å²) in [6.07, 6.45) is 3.60. The Hall–Kier alpha value is -2.30. The van der Waals surface area contributed by atoms with Crippen molar-refractivity contribution in [1.82, 2.24) is 9.88 Å². The van der Waals surface area contributed by atoms with E-state index in [2.05, 4.69) is 24.0 Å². The third kappa shape index (κ3) is 3.03. The van der Waals surface area contributed by atoms with Gasteiger partial charge in [-0.3, -0.25) is 9.59 Å². The second kappa shape index (κ2) is 6.54. The predicted octanol–water partition coefficient (Wildman–Crippen LogP) is 3.37. The number of nitrogens with one attached hydrogen (secondary N) is 1. The molecule has 2 N–H and O–H groups in total.